The first-order valence-corrected chi connectivity index (χ1v) is 9.27. The van der Waals surface area contributed by atoms with E-state index in [0.717, 1.165) is 6.42 Å². The van der Waals surface area contributed by atoms with Gasteiger partial charge in [0.25, 0.3) is 0 Å². The van der Waals surface area contributed by atoms with E-state index in [1.807, 2.05) is 20.8 Å². The van der Waals surface area contributed by atoms with Crippen LogP contribution in [0, 0.1) is 5.41 Å². The summed E-state index contributed by atoms with van der Waals surface area (Å²) in [5, 5.41) is 0. The number of rotatable bonds is 7. The van der Waals surface area contributed by atoms with E-state index in [4.69, 9.17) is 0 Å². The van der Waals surface area contributed by atoms with Gasteiger partial charge in [-0.3, -0.25) is 9.59 Å². The molecule has 0 aromatic rings. The summed E-state index contributed by atoms with van der Waals surface area (Å²) in [4.78, 5) is 25.5. The van der Waals surface area contributed by atoms with Gasteiger partial charge in [-0.2, -0.15) is 0 Å². The summed E-state index contributed by atoms with van der Waals surface area (Å²) in [5.41, 5.74) is 3.61. The molecule has 0 spiro atoms. The third-order valence-corrected chi connectivity index (χ3v) is 4.88. The average Bonchev–Trinajstić information content (AvgIpc) is 2.50. The van der Waals surface area contributed by atoms with E-state index in [1.165, 1.54) is 31.3 Å². The van der Waals surface area contributed by atoms with Crippen LogP contribution < -0.4 is 0 Å². The molecule has 0 aromatic heterocycles. The summed E-state index contributed by atoms with van der Waals surface area (Å²) in [5.74, 6) is 0.0932. The van der Waals surface area contributed by atoms with Crippen LogP contribution in [-0.2, 0) is 9.59 Å². The van der Waals surface area contributed by atoms with E-state index in [9.17, 15) is 9.59 Å². The highest BCUT2D eigenvalue weighted by Gasteiger charge is 2.35. The van der Waals surface area contributed by atoms with Crippen molar-refractivity contribution in [2.75, 3.05) is 0 Å². The van der Waals surface area contributed by atoms with Crippen LogP contribution in [0.5, 0.6) is 0 Å². The Morgan fingerprint density at radius 3 is 2.08 bits per heavy atom. The smallest absolute Gasteiger partial charge is 0.186 e. The molecule has 0 saturated carbocycles. The fraction of sp³-hybridized carbons (Fsp3) is 0.636. The minimum atomic E-state index is -0.313. The van der Waals surface area contributed by atoms with Crippen molar-refractivity contribution in [2.45, 2.75) is 87.0 Å². The molecule has 0 N–H and O–H groups in total. The molecular formula is C22H34O2. The van der Waals surface area contributed by atoms with Gasteiger partial charge in [-0.05, 0) is 45.4 Å². The molecule has 24 heavy (non-hydrogen) atoms. The fourth-order valence-electron chi connectivity index (χ4n) is 3.20. The van der Waals surface area contributed by atoms with Gasteiger partial charge in [-0.25, -0.2) is 0 Å². The first-order chi connectivity index (χ1) is 11.1. The minimum Gasteiger partial charge on any atom is -0.289 e. The Morgan fingerprint density at radius 1 is 0.958 bits per heavy atom. The molecule has 1 aliphatic rings. The van der Waals surface area contributed by atoms with E-state index in [2.05, 4.69) is 19.9 Å². The molecule has 0 aromatic carbocycles. The number of hydrogen-bond acceptors (Lipinski definition) is 2. The zero-order valence-electron chi connectivity index (χ0n) is 16.6. The number of carbonyl (C=O) groups is 2. The van der Waals surface area contributed by atoms with E-state index >= 15 is 0 Å². The highest BCUT2D eigenvalue weighted by molar-refractivity contribution is 6.25. The van der Waals surface area contributed by atoms with Crippen LogP contribution in [0.1, 0.15) is 87.0 Å². The molecule has 0 aliphatic heterocycles. The lowest BCUT2D eigenvalue weighted by Gasteiger charge is -2.29. The standard InChI is InChI=1S/C22H34O2/c1-8-9-10-11-12-15(2)13-14-18-19(22(5,6)7)21(24)17(4)16(3)20(18)23/h13H,8-12,14H2,1-7H3. The van der Waals surface area contributed by atoms with Crippen molar-refractivity contribution < 1.29 is 9.59 Å². The third-order valence-electron chi connectivity index (χ3n) is 4.88. The van der Waals surface area contributed by atoms with E-state index in [0.29, 0.717) is 28.7 Å². The number of Topliss-reactive ketones (excluding diaryl/α,β-unsaturated/α-hetero) is 2. The van der Waals surface area contributed by atoms with Gasteiger partial charge in [-0.1, -0.05) is 58.6 Å². The second-order valence-corrected chi connectivity index (χ2v) is 8.08. The summed E-state index contributed by atoms with van der Waals surface area (Å²) >= 11 is 0. The van der Waals surface area contributed by atoms with Crippen LogP contribution in [0.15, 0.2) is 33.9 Å². The third kappa shape index (κ3) is 5.03. The molecule has 134 valence electrons. The lowest BCUT2D eigenvalue weighted by atomic mass is 9.73. The van der Waals surface area contributed by atoms with Crippen molar-refractivity contribution >= 4 is 11.6 Å². The Kier molecular flexibility index (Phi) is 7.38. The predicted molar refractivity (Wildman–Crippen MR) is 102 cm³/mol. The average molecular weight is 331 g/mol. The van der Waals surface area contributed by atoms with Gasteiger partial charge < -0.3 is 0 Å². The summed E-state index contributed by atoms with van der Waals surface area (Å²) in [7, 11) is 0. The van der Waals surface area contributed by atoms with Crippen LogP contribution in [-0.4, -0.2) is 11.6 Å². The first-order valence-electron chi connectivity index (χ1n) is 9.27. The number of unbranched alkanes of at least 4 members (excludes halogenated alkanes) is 3. The van der Waals surface area contributed by atoms with Crippen molar-refractivity contribution in [3.63, 3.8) is 0 Å². The molecule has 0 unspecified atom stereocenters. The molecule has 0 saturated heterocycles. The van der Waals surface area contributed by atoms with Crippen LogP contribution in [0.25, 0.3) is 0 Å². The van der Waals surface area contributed by atoms with E-state index in [-0.39, 0.29) is 17.0 Å². The first kappa shape index (κ1) is 20.6. The zero-order valence-corrected chi connectivity index (χ0v) is 16.6. The minimum absolute atomic E-state index is 0.0450. The highest BCUT2D eigenvalue weighted by Crippen LogP contribution is 2.37. The molecular weight excluding hydrogens is 296 g/mol. The summed E-state index contributed by atoms with van der Waals surface area (Å²) in [6.45, 7) is 13.9. The molecule has 0 bridgehead atoms. The van der Waals surface area contributed by atoms with Gasteiger partial charge in [0.15, 0.2) is 11.6 Å². The number of hydrogen-bond donors (Lipinski definition) is 0. The molecule has 0 fully saturated rings. The maximum Gasteiger partial charge on any atom is 0.186 e. The van der Waals surface area contributed by atoms with Gasteiger partial charge in [0, 0.05) is 22.3 Å². The quantitative estimate of drug-likeness (QED) is 0.320. The van der Waals surface area contributed by atoms with Crippen molar-refractivity contribution in [3.05, 3.63) is 33.9 Å². The molecule has 0 amide bonds. The SMILES string of the molecule is CCCCCCC(C)=CCC1=C(C(C)(C)C)C(=O)C(C)=C(C)C1=O. The predicted octanol–water partition coefficient (Wildman–Crippen LogP) is 6.12. The maximum absolute atomic E-state index is 12.8. The van der Waals surface area contributed by atoms with Crippen LogP contribution in [0.2, 0.25) is 0 Å². The number of carbonyl (C=O) groups excluding carboxylic acids is 2. The van der Waals surface area contributed by atoms with Crippen LogP contribution >= 0.6 is 0 Å². The highest BCUT2D eigenvalue weighted by atomic mass is 16.1. The summed E-state index contributed by atoms with van der Waals surface area (Å²) in [6, 6.07) is 0. The normalized spacial score (nSPS) is 17.2. The lowest BCUT2D eigenvalue weighted by Crippen LogP contribution is -2.29. The zero-order chi connectivity index (χ0) is 18.5. The second kappa shape index (κ2) is 8.60. The Bertz CT molecular complexity index is 592. The topological polar surface area (TPSA) is 34.1 Å². The van der Waals surface area contributed by atoms with Gasteiger partial charge in [0.1, 0.15) is 0 Å². The van der Waals surface area contributed by atoms with Crippen molar-refractivity contribution in [3.8, 4) is 0 Å². The Labute approximate surface area is 148 Å². The van der Waals surface area contributed by atoms with Crippen molar-refractivity contribution in [2.24, 2.45) is 5.41 Å². The van der Waals surface area contributed by atoms with Crippen molar-refractivity contribution in [1.82, 2.24) is 0 Å². The van der Waals surface area contributed by atoms with Gasteiger partial charge >= 0.3 is 0 Å². The molecule has 2 nitrogen and oxygen atoms in total. The van der Waals surface area contributed by atoms with Gasteiger partial charge in [-0.15, -0.1) is 0 Å². The Morgan fingerprint density at radius 2 is 1.54 bits per heavy atom. The molecule has 0 radical (unpaired) electrons. The molecule has 0 heterocycles. The molecule has 1 rings (SSSR count). The monoisotopic (exact) mass is 330 g/mol. The summed E-state index contributed by atoms with van der Waals surface area (Å²) in [6.07, 6.45) is 8.78. The van der Waals surface area contributed by atoms with Crippen LogP contribution in [0.4, 0.5) is 0 Å². The largest absolute Gasteiger partial charge is 0.289 e. The molecule has 2 heteroatoms. The van der Waals surface area contributed by atoms with Gasteiger partial charge in [0.05, 0.1) is 0 Å². The fourth-order valence-corrected chi connectivity index (χ4v) is 3.20. The molecule has 0 atom stereocenters. The second-order valence-electron chi connectivity index (χ2n) is 8.08. The number of ketones is 2. The summed E-state index contributed by atoms with van der Waals surface area (Å²) < 4.78 is 0. The number of allylic oxidation sites excluding steroid dienone is 6. The Hall–Kier alpha value is -1.44. The maximum atomic E-state index is 12.8. The van der Waals surface area contributed by atoms with Gasteiger partial charge in [0.2, 0.25) is 0 Å². The van der Waals surface area contributed by atoms with E-state index in [1.54, 1.807) is 13.8 Å². The van der Waals surface area contributed by atoms with Crippen molar-refractivity contribution in [1.29, 1.82) is 0 Å². The Balaban J connectivity index is 3.02. The van der Waals surface area contributed by atoms with Crippen LogP contribution in [0.3, 0.4) is 0 Å². The molecule has 1 aliphatic carbocycles. The van der Waals surface area contributed by atoms with E-state index < -0.39 is 0 Å². The lowest BCUT2D eigenvalue weighted by molar-refractivity contribution is -0.117.